The minimum absolute atomic E-state index is 0.0348. The molecule has 1 heterocycles. The fraction of sp³-hybridized carbons (Fsp3) is 0.320. The van der Waals surface area contributed by atoms with Gasteiger partial charge in [-0.1, -0.05) is 48.0 Å². The summed E-state index contributed by atoms with van der Waals surface area (Å²) in [5.74, 6) is -0.861. The lowest BCUT2D eigenvalue weighted by molar-refractivity contribution is -0.147. The molecule has 160 valence electrons. The van der Waals surface area contributed by atoms with Gasteiger partial charge in [0.25, 0.3) is 0 Å². The molecule has 0 amide bonds. The average Bonchev–Trinajstić information content (AvgIpc) is 2.77. The number of hydrogen-bond acceptors (Lipinski definition) is 5. The Morgan fingerprint density at radius 3 is 2.58 bits per heavy atom. The van der Waals surface area contributed by atoms with Crippen LogP contribution < -0.4 is 4.74 Å². The highest BCUT2D eigenvalue weighted by molar-refractivity contribution is 6.31. The molecule has 0 bridgehead atoms. The van der Waals surface area contributed by atoms with Gasteiger partial charge in [-0.2, -0.15) is 0 Å². The normalized spacial score (nSPS) is 20.7. The van der Waals surface area contributed by atoms with Gasteiger partial charge in [0, 0.05) is 34.3 Å². The number of hydrogen-bond donors (Lipinski definition) is 0. The maximum absolute atomic E-state index is 13.2. The highest BCUT2D eigenvalue weighted by atomic mass is 35.5. The van der Waals surface area contributed by atoms with E-state index in [0.29, 0.717) is 28.5 Å². The van der Waals surface area contributed by atoms with Gasteiger partial charge in [0.2, 0.25) is 0 Å². The monoisotopic (exact) mass is 437 g/mol. The molecule has 2 aromatic carbocycles. The number of carbonyl (C=O) groups excluding carboxylic acids is 2. The van der Waals surface area contributed by atoms with Crippen molar-refractivity contribution in [3.63, 3.8) is 0 Å². The van der Waals surface area contributed by atoms with E-state index in [0.717, 1.165) is 24.1 Å². The van der Waals surface area contributed by atoms with Crippen molar-refractivity contribution in [3.05, 3.63) is 76.5 Å². The van der Waals surface area contributed by atoms with Gasteiger partial charge in [0.1, 0.15) is 24.9 Å². The number of rotatable bonds is 6. The summed E-state index contributed by atoms with van der Waals surface area (Å²) < 4.78 is 11.2. The van der Waals surface area contributed by atoms with Crippen LogP contribution in [0, 0.1) is 5.92 Å². The highest BCUT2D eigenvalue weighted by Gasteiger charge is 2.43. The smallest absolute Gasteiger partial charge is 0.315 e. The lowest BCUT2D eigenvalue weighted by Gasteiger charge is -2.34. The minimum atomic E-state index is -0.697. The largest absolute Gasteiger partial charge is 0.490 e. The number of allylic oxidation sites excluding steroid dienone is 2. The molecule has 1 aliphatic carbocycles. The molecular weight excluding hydrogens is 414 g/mol. The van der Waals surface area contributed by atoms with Gasteiger partial charge in [-0.05, 0) is 43.5 Å². The molecule has 2 aromatic rings. The van der Waals surface area contributed by atoms with Crippen molar-refractivity contribution in [1.82, 2.24) is 0 Å². The number of carbonyl (C=O) groups is 2. The van der Waals surface area contributed by atoms with Gasteiger partial charge in [-0.15, -0.1) is 0 Å². The molecule has 4 rings (SSSR count). The number of benzene rings is 2. The standard InChI is InChI=1S/C25H24ClNO4/c1-16-22(25(29)31-15-14-30-17-8-3-2-4-9-17)23(18-10-5-6-11-19(18)26)24-20(27-16)12-7-13-21(24)28/h2-6,8-11,22-23H,7,12-15H2,1H3. The van der Waals surface area contributed by atoms with Crippen molar-refractivity contribution in [2.24, 2.45) is 10.9 Å². The second-order valence-electron chi connectivity index (χ2n) is 7.70. The number of ether oxygens (including phenoxy) is 2. The van der Waals surface area contributed by atoms with Crippen LogP contribution in [-0.2, 0) is 14.3 Å². The number of aliphatic imine (C=N–C) groups is 1. The topological polar surface area (TPSA) is 65.0 Å². The van der Waals surface area contributed by atoms with E-state index in [-0.39, 0.29) is 19.0 Å². The van der Waals surface area contributed by atoms with Crippen LogP contribution in [-0.4, -0.2) is 30.7 Å². The fourth-order valence-corrected chi connectivity index (χ4v) is 4.54. The summed E-state index contributed by atoms with van der Waals surface area (Å²) in [6.45, 7) is 2.16. The zero-order valence-electron chi connectivity index (χ0n) is 17.3. The summed E-state index contributed by atoms with van der Waals surface area (Å²) >= 11 is 6.50. The van der Waals surface area contributed by atoms with Gasteiger partial charge in [0.15, 0.2) is 5.78 Å². The van der Waals surface area contributed by atoms with E-state index in [1.54, 1.807) is 6.07 Å². The maximum Gasteiger partial charge on any atom is 0.315 e. The molecular formula is C25H24ClNO4. The molecule has 0 fully saturated rings. The van der Waals surface area contributed by atoms with Crippen LogP contribution in [0.25, 0.3) is 0 Å². The Morgan fingerprint density at radius 1 is 1.06 bits per heavy atom. The minimum Gasteiger partial charge on any atom is -0.490 e. The molecule has 2 atom stereocenters. The van der Waals surface area contributed by atoms with E-state index in [1.165, 1.54) is 0 Å². The van der Waals surface area contributed by atoms with E-state index < -0.39 is 17.8 Å². The predicted molar refractivity (Wildman–Crippen MR) is 120 cm³/mol. The van der Waals surface area contributed by atoms with E-state index in [9.17, 15) is 9.59 Å². The summed E-state index contributed by atoms with van der Waals surface area (Å²) in [5.41, 5.74) is 2.78. The summed E-state index contributed by atoms with van der Waals surface area (Å²) in [4.78, 5) is 30.7. The van der Waals surface area contributed by atoms with Crippen LogP contribution >= 0.6 is 11.6 Å². The van der Waals surface area contributed by atoms with E-state index >= 15 is 0 Å². The first-order chi connectivity index (χ1) is 15.1. The Morgan fingerprint density at radius 2 is 1.81 bits per heavy atom. The van der Waals surface area contributed by atoms with Gasteiger partial charge >= 0.3 is 5.97 Å². The SMILES string of the molecule is CC1=NC2=C(C(=O)CCC2)C(c2ccccc2Cl)C1C(=O)OCCOc1ccccc1. The second kappa shape index (κ2) is 9.48. The lowest BCUT2D eigenvalue weighted by atomic mass is 9.72. The number of nitrogens with zero attached hydrogens (tertiary/aromatic N) is 1. The number of Topliss-reactive ketones (excluding diaryl/α,β-unsaturated/α-hetero) is 1. The first-order valence-electron chi connectivity index (χ1n) is 10.5. The van der Waals surface area contributed by atoms with E-state index in [4.69, 9.17) is 21.1 Å². The maximum atomic E-state index is 13.2. The summed E-state index contributed by atoms with van der Waals surface area (Å²) in [6.07, 6.45) is 1.96. The van der Waals surface area contributed by atoms with Crippen molar-refractivity contribution < 1.29 is 19.1 Å². The molecule has 2 aliphatic rings. The molecule has 0 aromatic heterocycles. The molecule has 5 nitrogen and oxygen atoms in total. The van der Waals surface area contributed by atoms with Gasteiger partial charge < -0.3 is 9.47 Å². The number of esters is 1. The predicted octanol–water partition coefficient (Wildman–Crippen LogP) is 5.14. The Labute approximate surface area is 186 Å². The Hall–Kier alpha value is -2.92. The molecule has 0 saturated carbocycles. The van der Waals surface area contributed by atoms with Crippen molar-refractivity contribution in [2.45, 2.75) is 32.1 Å². The van der Waals surface area contributed by atoms with Crippen LogP contribution in [0.4, 0.5) is 0 Å². The van der Waals surface area contributed by atoms with Gasteiger partial charge in [-0.25, -0.2) is 0 Å². The van der Waals surface area contributed by atoms with Crippen LogP contribution in [0.2, 0.25) is 5.02 Å². The van der Waals surface area contributed by atoms with Crippen LogP contribution in [0.5, 0.6) is 5.75 Å². The third-order valence-corrected chi connectivity index (χ3v) is 6.01. The zero-order chi connectivity index (χ0) is 21.8. The first kappa shape index (κ1) is 21.3. The van der Waals surface area contributed by atoms with Crippen LogP contribution in [0.1, 0.15) is 37.7 Å². The molecule has 2 unspecified atom stereocenters. The Balaban J connectivity index is 1.56. The van der Waals surface area contributed by atoms with Crippen molar-refractivity contribution in [1.29, 1.82) is 0 Å². The average molecular weight is 438 g/mol. The van der Waals surface area contributed by atoms with Crippen LogP contribution in [0.3, 0.4) is 0 Å². The van der Waals surface area contributed by atoms with Crippen molar-refractivity contribution >= 4 is 29.1 Å². The lowest BCUT2D eigenvalue weighted by Crippen LogP contribution is -2.37. The van der Waals surface area contributed by atoms with Gasteiger partial charge in [0.05, 0.1) is 0 Å². The zero-order valence-corrected chi connectivity index (χ0v) is 18.1. The third kappa shape index (κ3) is 4.57. The number of ketones is 1. The van der Waals surface area contributed by atoms with E-state index in [2.05, 4.69) is 4.99 Å². The number of para-hydroxylation sites is 1. The molecule has 6 heteroatoms. The van der Waals surface area contributed by atoms with E-state index in [1.807, 2.05) is 55.5 Å². The van der Waals surface area contributed by atoms with Crippen LogP contribution in [0.15, 0.2) is 70.9 Å². The summed E-state index contributed by atoms with van der Waals surface area (Å²) in [6, 6.07) is 16.7. The third-order valence-electron chi connectivity index (χ3n) is 5.67. The molecule has 0 radical (unpaired) electrons. The Kier molecular flexibility index (Phi) is 6.52. The fourth-order valence-electron chi connectivity index (χ4n) is 4.28. The quantitative estimate of drug-likeness (QED) is 0.463. The molecule has 0 N–H and O–H groups in total. The molecule has 1 aliphatic heterocycles. The van der Waals surface area contributed by atoms with Crippen molar-refractivity contribution in [3.8, 4) is 5.75 Å². The van der Waals surface area contributed by atoms with Gasteiger partial charge in [-0.3, -0.25) is 14.6 Å². The Bertz CT molecular complexity index is 1040. The second-order valence-corrected chi connectivity index (χ2v) is 8.10. The summed E-state index contributed by atoms with van der Waals surface area (Å²) in [5, 5.41) is 0.526. The molecule has 0 saturated heterocycles. The molecule has 31 heavy (non-hydrogen) atoms. The summed E-state index contributed by atoms with van der Waals surface area (Å²) in [7, 11) is 0. The highest BCUT2D eigenvalue weighted by Crippen LogP contribution is 2.45. The number of halogens is 1. The van der Waals surface area contributed by atoms with Crippen molar-refractivity contribution in [2.75, 3.05) is 13.2 Å². The molecule has 0 spiro atoms. The first-order valence-corrected chi connectivity index (χ1v) is 10.8.